The van der Waals surface area contributed by atoms with Crippen molar-refractivity contribution in [1.82, 2.24) is 4.90 Å². The Balaban J connectivity index is 1.85. The molecule has 2 aliphatic rings. The van der Waals surface area contributed by atoms with Gasteiger partial charge in [0, 0.05) is 25.5 Å². The molecule has 0 bridgehead atoms. The highest BCUT2D eigenvalue weighted by molar-refractivity contribution is 6.18. The highest BCUT2D eigenvalue weighted by Crippen LogP contribution is 2.41. The Morgan fingerprint density at radius 1 is 1.33 bits per heavy atom. The van der Waals surface area contributed by atoms with Crippen LogP contribution in [0.2, 0.25) is 0 Å². The lowest BCUT2D eigenvalue weighted by Crippen LogP contribution is -2.47. The fourth-order valence-electron chi connectivity index (χ4n) is 3.32. The van der Waals surface area contributed by atoms with E-state index in [1.54, 1.807) is 0 Å². The molecule has 1 saturated heterocycles. The maximum absolute atomic E-state index is 6.00. The van der Waals surface area contributed by atoms with Gasteiger partial charge >= 0.3 is 0 Å². The molecular weight excluding hydrogens is 206 g/mol. The molecule has 1 heterocycles. The molecule has 1 nitrogen and oxygen atoms in total. The Hall–Kier alpha value is 0.250. The second-order valence-electron chi connectivity index (χ2n) is 6.22. The maximum Gasteiger partial charge on any atom is 0.0264 e. The summed E-state index contributed by atoms with van der Waals surface area (Å²) in [5, 5.41) is 0. The van der Waals surface area contributed by atoms with Crippen molar-refractivity contribution < 1.29 is 0 Å². The molecule has 0 N–H and O–H groups in total. The van der Waals surface area contributed by atoms with E-state index in [2.05, 4.69) is 18.7 Å². The second kappa shape index (κ2) is 4.63. The fourth-order valence-corrected chi connectivity index (χ4v) is 3.54. The van der Waals surface area contributed by atoms with Gasteiger partial charge in [0.1, 0.15) is 0 Å². The third-order valence-corrected chi connectivity index (χ3v) is 4.64. The molecule has 1 aliphatic carbocycles. The summed E-state index contributed by atoms with van der Waals surface area (Å²) in [4.78, 5) is 2.67. The number of rotatable bonds is 3. The van der Waals surface area contributed by atoms with Crippen LogP contribution in [-0.2, 0) is 0 Å². The molecule has 88 valence electrons. The Bertz CT molecular complexity index is 213. The second-order valence-corrected chi connectivity index (χ2v) is 6.53. The van der Waals surface area contributed by atoms with Crippen LogP contribution in [-0.4, -0.2) is 30.4 Å². The highest BCUT2D eigenvalue weighted by Gasteiger charge is 2.35. The molecule has 0 radical (unpaired) electrons. The van der Waals surface area contributed by atoms with E-state index in [1.807, 2.05) is 0 Å². The van der Waals surface area contributed by atoms with Gasteiger partial charge in [0.05, 0.1) is 0 Å². The minimum absolute atomic E-state index is 0.633. The number of likely N-dealkylation sites (tertiary alicyclic amines) is 1. The van der Waals surface area contributed by atoms with Gasteiger partial charge in [-0.1, -0.05) is 20.3 Å². The molecule has 2 unspecified atom stereocenters. The predicted octanol–water partition coefficient (Wildman–Crippen LogP) is 3.37. The molecule has 0 aromatic heterocycles. The Morgan fingerprint density at radius 2 is 2.07 bits per heavy atom. The Kier molecular flexibility index (Phi) is 3.62. The molecule has 2 heteroatoms. The number of hydrogen-bond donors (Lipinski definition) is 0. The molecule has 2 atom stereocenters. The van der Waals surface area contributed by atoms with Crippen LogP contribution in [0.1, 0.15) is 39.5 Å². The highest BCUT2D eigenvalue weighted by atomic mass is 35.5. The summed E-state index contributed by atoms with van der Waals surface area (Å²) in [6, 6.07) is 0. The van der Waals surface area contributed by atoms with Gasteiger partial charge in [0.15, 0.2) is 0 Å². The van der Waals surface area contributed by atoms with Crippen molar-refractivity contribution in [1.29, 1.82) is 0 Å². The lowest BCUT2D eigenvalue weighted by molar-refractivity contribution is 0.0470. The van der Waals surface area contributed by atoms with E-state index in [4.69, 9.17) is 11.6 Å². The van der Waals surface area contributed by atoms with E-state index in [0.717, 1.165) is 17.7 Å². The van der Waals surface area contributed by atoms with Crippen molar-refractivity contribution >= 4 is 11.6 Å². The van der Waals surface area contributed by atoms with Crippen LogP contribution in [0.3, 0.4) is 0 Å². The van der Waals surface area contributed by atoms with Gasteiger partial charge < -0.3 is 4.90 Å². The zero-order chi connectivity index (χ0) is 10.9. The topological polar surface area (TPSA) is 3.24 Å². The first-order valence-corrected chi connectivity index (χ1v) is 6.93. The fraction of sp³-hybridized carbons (Fsp3) is 1.00. The first-order valence-electron chi connectivity index (χ1n) is 6.40. The number of nitrogens with zero attached hydrogens (tertiary/aromatic N) is 1. The molecule has 2 rings (SSSR count). The molecule has 0 amide bonds. The first kappa shape index (κ1) is 11.7. The van der Waals surface area contributed by atoms with Gasteiger partial charge in [-0.25, -0.2) is 0 Å². The predicted molar refractivity (Wildman–Crippen MR) is 66.4 cm³/mol. The summed E-state index contributed by atoms with van der Waals surface area (Å²) in [7, 11) is 0. The first-order chi connectivity index (χ1) is 7.11. The molecule has 0 spiro atoms. The summed E-state index contributed by atoms with van der Waals surface area (Å²) in [5.41, 5.74) is 0.633. The normalized spacial score (nSPS) is 36.2. The van der Waals surface area contributed by atoms with Gasteiger partial charge in [-0.2, -0.15) is 0 Å². The SMILES string of the molecule is CC1CC(CCl)CN(CC2(C)CCC2)C1. The van der Waals surface area contributed by atoms with Crippen molar-refractivity contribution in [3.05, 3.63) is 0 Å². The Morgan fingerprint density at radius 3 is 2.60 bits per heavy atom. The van der Waals surface area contributed by atoms with Crippen LogP contribution < -0.4 is 0 Å². The smallest absolute Gasteiger partial charge is 0.0264 e. The van der Waals surface area contributed by atoms with Gasteiger partial charge in [-0.15, -0.1) is 11.6 Å². The number of piperidine rings is 1. The molecule has 1 aliphatic heterocycles. The molecule has 0 aromatic carbocycles. The lowest BCUT2D eigenvalue weighted by atomic mass is 9.70. The number of alkyl halides is 1. The van der Waals surface area contributed by atoms with Crippen molar-refractivity contribution in [2.24, 2.45) is 17.3 Å². The van der Waals surface area contributed by atoms with Crippen LogP contribution in [0.25, 0.3) is 0 Å². The van der Waals surface area contributed by atoms with Gasteiger partial charge in [-0.05, 0) is 36.5 Å². The van der Waals surface area contributed by atoms with E-state index in [9.17, 15) is 0 Å². The largest absolute Gasteiger partial charge is 0.302 e. The summed E-state index contributed by atoms with van der Waals surface area (Å²) in [6.07, 6.45) is 5.64. The van der Waals surface area contributed by atoms with Gasteiger partial charge in [0.2, 0.25) is 0 Å². The quantitative estimate of drug-likeness (QED) is 0.671. The minimum atomic E-state index is 0.633. The van der Waals surface area contributed by atoms with E-state index < -0.39 is 0 Å². The molecule has 1 saturated carbocycles. The van der Waals surface area contributed by atoms with Crippen molar-refractivity contribution in [3.8, 4) is 0 Å². The summed E-state index contributed by atoms with van der Waals surface area (Å²) < 4.78 is 0. The molecular formula is C13H24ClN. The number of halogens is 1. The monoisotopic (exact) mass is 229 g/mol. The Labute approximate surface area is 99.2 Å². The zero-order valence-corrected chi connectivity index (χ0v) is 10.9. The minimum Gasteiger partial charge on any atom is -0.302 e. The summed E-state index contributed by atoms with van der Waals surface area (Å²) in [6.45, 7) is 8.66. The van der Waals surface area contributed by atoms with Crippen LogP contribution in [0, 0.1) is 17.3 Å². The average molecular weight is 230 g/mol. The molecule has 0 aromatic rings. The van der Waals surface area contributed by atoms with Crippen molar-refractivity contribution in [2.45, 2.75) is 39.5 Å². The van der Waals surface area contributed by atoms with Crippen LogP contribution in [0.4, 0.5) is 0 Å². The zero-order valence-electron chi connectivity index (χ0n) is 10.1. The summed E-state index contributed by atoms with van der Waals surface area (Å²) in [5.74, 6) is 2.42. The standard InChI is InChI=1S/C13H24ClN/c1-11-6-12(7-14)9-15(8-11)10-13(2)4-3-5-13/h11-12H,3-10H2,1-2H3. The molecule has 2 fully saturated rings. The van der Waals surface area contributed by atoms with Crippen molar-refractivity contribution in [3.63, 3.8) is 0 Å². The van der Waals surface area contributed by atoms with Gasteiger partial charge in [-0.3, -0.25) is 0 Å². The maximum atomic E-state index is 6.00. The van der Waals surface area contributed by atoms with Crippen molar-refractivity contribution in [2.75, 3.05) is 25.5 Å². The van der Waals surface area contributed by atoms with E-state index in [1.165, 1.54) is 45.3 Å². The van der Waals surface area contributed by atoms with Crippen LogP contribution in [0.15, 0.2) is 0 Å². The van der Waals surface area contributed by atoms with E-state index in [0.29, 0.717) is 5.41 Å². The van der Waals surface area contributed by atoms with Gasteiger partial charge in [0.25, 0.3) is 0 Å². The lowest BCUT2D eigenvalue weighted by Gasteiger charge is -2.45. The number of hydrogen-bond acceptors (Lipinski definition) is 1. The van der Waals surface area contributed by atoms with E-state index >= 15 is 0 Å². The molecule has 15 heavy (non-hydrogen) atoms. The van der Waals surface area contributed by atoms with Crippen LogP contribution in [0.5, 0.6) is 0 Å². The summed E-state index contributed by atoms with van der Waals surface area (Å²) >= 11 is 6.00. The van der Waals surface area contributed by atoms with E-state index in [-0.39, 0.29) is 0 Å². The third kappa shape index (κ3) is 2.88. The van der Waals surface area contributed by atoms with Crippen LogP contribution >= 0.6 is 11.6 Å². The third-order valence-electron chi connectivity index (χ3n) is 4.21. The average Bonchev–Trinajstić information content (AvgIpc) is 2.14.